The largest absolute Gasteiger partial charge is 0.497 e. The molecule has 0 fully saturated rings. The van der Waals surface area contributed by atoms with Crippen LogP contribution in [0.15, 0.2) is 53.4 Å². The first-order chi connectivity index (χ1) is 9.72. The van der Waals surface area contributed by atoms with Crippen molar-refractivity contribution in [2.24, 2.45) is 0 Å². The van der Waals surface area contributed by atoms with E-state index in [1.165, 1.54) is 16.0 Å². The molecule has 2 nitrogen and oxygen atoms in total. The Labute approximate surface area is 125 Å². The maximum absolute atomic E-state index is 5.17. The highest BCUT2D eigenvalue weighted by Crippen LogP contribution is 2.25. The van der Waals surface area contributed by atoms with Gasteiger partial charge in [0.25, 0.3) is 0 Å². The minimum absolute atomic E-state index is 0.399. The second kappa shape index (κ2) is 7.36. The van der Waals surface area contributed by atoms with E-state index < -0.39 is 0 Å². The lowest BCUT2D eigenvalue weighted by Gasteiger charge is -2.11. The summed E-state index contributed by atoms with van der Waals surface area (Å²) in [4.78, 5) is 1.30. The third-order valence-corrected chi connectivity index (χ3v) is 4.46. The summed E-state index contributed by atoms with van der Waals surface area (Å²) in [5.41, 5.74) is 2.63. The van der Waals surface area contributed by atoms with Crippen molar-refractivity contribution in [3.63, 3.8) is 0 Å². The van der Waals surface area contributed by atoms with Gasteiger partial charge in [0, 0.05) is 16.7 Å². The van der Waals surface area contributed by atoms with Gasteiger partial charge in [0.1, 0.15) is 5.75 Å². The van der Waals surface area contributed by atoms with Crippen LogP contribution in [-0.2, 0) is 5.75 Å². The van der Waals surface area contributed by atoms with Gasteiger partial charge in [0.2, 0.25) is 0 Å². The molecule has 2 aromatic rings. The van der Waals surface area contributed by atoms with Gasteiger partial charge in [-0.05, 0) is 49.4 Å². The third kappa shape index (κ3) is 4.02. The first kappa shape index (κ1) is 14.9. The molecular formula is C17H21NOS. The molecule has 3 heteroatoms. The van der Waals surface area contributed by atoms with Crippen molar-refractivity contribution in [2.45, 2.75) is 23.6 Å². The van der Waals surface area contributed by atoms with E-state index in [4.69, 9.17) is 4.74 Å². The molecule has 0 aliphatic rings. The van der Waals surface area contributed by atoms with E-state index >= 15 is 0 Å². The van der Waals surface area contributed by atoms with Gasteiger partial charge in [-0.2, -0.15) is 0 Å². The Kier molecular flexibility index (Phi) is 5.50. The van der Waals surface area contributed by atoms with E-state index in [0.717, 1.165) is 11.5 Å². The predicted molar refractivity (Wildman–Crippen MR) is 86.5 cm³/mol. The Morgan fingerprint density at radius 2 is 1.70 bits per heavy atom. The molecule has 2 aromatic carbocycles. The van der Waals surface area contributed by atoms with E-state index in [-0.39, 0.29) is 0 Å². The summed E-state index contributed by atoms with van der Waals surface area (Å²) in [6.45, 7) is 2.17. The van der Waals surface area contributed by atoms with Gasteiger partial charge in [-0.1, -0.05) is 24.3 Å². The molecule has 1 atom stereocenters. The highest BCUT2D eigenvalue weighted by Gasteiger charge is 2.02. The minimum Gasteiger partial charge on any atom is -0.497 e. The smallest absolute Gasteiger partial charge is 0.118 e. The molecule has 0 radical (unpaired) electrons. The van der Waals surface area contributed by atoms with Crippen LogP contribution < -0.4 is 10.1 Å². The van der Waals surface area contributed by atoms with Crippen LogP contribution in [-0.4, -0.2) is 14.2 Å². The summed E-state index contributed by atoms with van der Waals surface area (Å²) in [6, 6.07) is 17.4. The Balaban J connectivity index is 1.93. The molecule has 0 aliphatic heterocycles. The maximum Gasteiger partial charge on any atom is 0.118 e. The van der Waals surface area contributed by atoms with Crippen LogP contribution in [0.1, 0.15) is 24.1 Å². The first-order valence-electron chi connectivity index (χ1n) is 6.76. The zero-order valence-electron chi connectivity index (χ0n) is 12.2. The summed E-state index contributed by atoms with van der Waals surface area (Å²) < 4.78 is 5.17. The van der Waals surface area contributed by atoms with E-state index in [9.17, 15) is 0 Å². The van der Waals surface area contributed by atoms with Gasteiger partial charge in [-0.25, -0.2) is 0 Å². The molecule has 0 saturated heterocycles. The molecule has 20 heavy (non-hydrogen) atoms. The van der Waals surface area contributed by atoms with Gasteiger partial charge in [0.15, 0.2) is 0 Å². The predicted octanol–water partition coefficient (Wildman–Crippen LogP) is 4.27. The average Bonchev–Trinajstić information content (AvgIpc) is 2.53. The number of nitrogens with one attached hydrogen (secondary N) is 1. The van der Waals surface area contributed by atoms with Crippen molar-refractivity contribution in [3.8, 4) is 5.75 Å². The monoisotopic (exact) mass is 287 g/mol. The highest BCUT2D eigenvalue weighted by atomic mass is 32.2. The molecule has 106 valence electrons. The van der Waals surface area contributed by atoms with Crippen LogP contribution in [0.2, 0.25) is 0 Å². The molecule has 0 heterocycles. The van der Waals surface area contributed by atoms with Crippen LogP contribution in [0.4, 0.5) is 0 Å². The zero-order chi connectivity index (χ0) is 14.4. The Morgan fingerprint density at radius 3 is 2.25 bits per heavy atom. The topological polar surface area (TPSA) is 21.3 Å². The van der Waals surface area contributed by atoms with E-state index in [1.54, 1.807) is 7.11 Å². The molecule has 1 unspecified atom stereocenters. The summed E-state index contributed by atoms with van der Waals surface area (Å²) in [7, 11) is 3.68. The third-order valence-electron chi connectivity index (χ3n) is 3.38. The Morgan fingerprint density at radius 1 is 1.05 bits per heavy atom. The van der Waals surface area contributed by atoms with Crippen molar-refractivity contribution in [1.29, 1.82) is 0 Å². The summed E-state index contributed by atoms with van der Waals surface area (Å²) in [5.74, 6) is 1.88. The van der Waals surface area contributed by atoms with Gasteiger partial charge in [-0.15, -0.1) is 11.8 Å². The molecule has 2 rings (SSSR count). The van der Waals surface area contributed by atoms with Gasteiger partial charge >= 0.3 is 0 Å². The minimum atomic E-state index is 0.399. The number of hydrogen-bond acceptors (Lipinski definition) is 3. The van der Waals surface area contributed by atoms with E-state index in [2.05, 4.69) is 48.6 Å². The second-order valence-electron chi connectivity index (χ2n) is 4.72. The highest BCUT2D eigenvalue weighted by molar-refractivity contribution is 7.98. The number of methoxy groups -OCH3 is 1. The van der Waals surface area contributed by atoms with Gasteiger partial charge in [0.05, 0.1) is 7.11 Å². The zero-order valence-corrected chi connectivity index (χ0v) is 13.0. The standard InChI is InChI=1S/C17H21NOS/c1-13(18-2)15-6-10-17(11-7-15)20-12-14-4-8-16(19-3)9-5-14/h4-11,13,18H,12H2,1-3H3. The molecule has 0 spiro atoms. The van der Waals surface area contributed by atoms with Crippen LogP contribution in [0, 0.1) is 0 Å². The number of benzene rings is 2. The number of ether oxygens (including phenoxy) is 1. The van der Waals surface area contributed by atoms with Crippen LogP contribution in [0.25, 0.3) is 0 Å². The average molecular weight is 287 g/mol. The molecule has 0 amide bonds. The molecule has 0 bridgehead atoms. The number of rotatable bonds is 6. The number of thioether (sulfide) groups is 1. The summed E-state index contributed by atoms with van der Waals surface area (Å²) in [5, 5.41) is 3.25. The lowest BCUT2D eigenvalue weighted by molar-refractivity contribution is 0.414. The SMILES string of the molecule is CNC(C)c1ccc(SCc2ccc(OC)cc2)cc1. The molecule has 0 saturated carbocycles. The molecular weight excluding hydrogens is 266 g/mol. The quantitative estimate of drug-likeness (QED) is 0.802. The fourth-order valence-corrected chi connectivity index (χ4v) is 2.76. The van der Waals surface area contributed by atoms with Crippen molar-refractivity contribution >= 4 is 11.8 Å². The lowest BCUT2D eigenvalue weighted by Crippen LogP contribution is -2.11. The van der Waals surface area contributed by atoms with E-state index in [0.29, 0.717) is 6.04 Å². The molecule has 0 aromatic heterocycles. The lowest BCUT2D eigenvalue weighted by atomic mass is 10.1. The Hall–Kier alpha value is -1.45. The fourth-order valence-electron chi connectivity index (χ4n) is 1.91. The van der Waals surface area contributed by atoms with Crippen LogP contribution in [0.5, 0.6) is 5.75 Å². The molecule has 1 N–H and O–H groups in total. The van der Waals surface area contributed by atoms with Crippen molar-refractivity contribution in [3.05, 3.63) is 59.7 Å². The van der Waals surface area contributed by atoms with Crippen LogP contribution >= 0.6 is 11.8 Å². The summed E-state index contributed by atoms with van der Waals surface area (Å²) >= 11 is 1.85. The fraction of sp³-hybridized carbons (Fsp3) is 0.294. The van der Waals surface area contributed by atoms with Crippen molar-refractivity contribution < 1.29 is 4.74 Å². The number of hydrogen-bond donors (Lipinski definition) is 1. The Bertz CT molecular complexity index is 522. The maximum atomic E-state index is 5.17. The first-order valence-corrected chi connectivity index (χ1v) is 7.74. The van der Waals surface area contributed by atoms with Crippen molar-refractivity contribution in [2.75, 3.05) is 14.2 Å². The van der Waals surface area contributed by atoms with Gasteiger partial charge in [-0.3, -0.25) is 0 Å². The molecule has 0 aliphatic carbocycles. The van der Waals surface area contributed by atoms with Crippen LogP contribution in [0.3, 0.4) is 0 Å². The second-order valence-corrected chi connectivity index (χ2v) is 5.76. The van der Waals surface area contributed by atoms with Gasteiger partial charge < -0.3 is 10.1 Å². The van der Waals surface area contributed by atoms with E-state index in [1.807, 2.05) is 30.9 Å². The normalized spacial score (nSPS) is 12.2. The van der Waals surface area contributed by atoms with Crippen molar-refractivity contribution in [1.82, 2.24) is 5.32 Å². The summed E-state index contributed by atoms with van der Waals surface area (Å²) in [6.07, 6.45) is 0.